The van der Waals surface area contributed by atoms with Gasteiger partial charge in [-0.3, -0.25) is 0 Å². The van der Waals surface area contributed by atoms with Crippen LogP contribution in [0.1, 0.15) is 319 Å². The third kappa shape index (κ3) is 47.2. The smallest absolute Gasteiger partial charge is 0.0797 e. The molecular formula is C61H126P2+2. The maximum Gasteiger partial charge on any atom is 0.0797 e. The standard InChI is InChI=1S/C31H64P.C30H62P/c1-6-9-12-13-14-15-16-17-18-19-20-21-22-23-24-25-26-29-32(27-10-7-2,28-11-8-3)30-31(4)5;1-6-9-12-13-14-15-16-17-18-19-20-21-22-23-24-25-28-31(26-10-7-2,27-11-8-3)29-30(4)5/h4,6-30H2,1-3,5H3;4,6-29H2,1-3,5H3/q2*+1. The highest BCUT2D eigenvalue weighted by atomic mass is 31.2. The summed E-state index contributed by atoms with van der Waals surface area (Å²) < 4.78 is 0. The molecule has 0 fully saturated rings. The fraction of sp³-hybridized carbons (Fsp3) is 0.934. The van der Waals surface area contributed by atoms with Crippen LogP contribution in [0, 0.1) is 0 Å². The second kappa shape index (κ2) is 51.7. The molecule has 0 N–H and O–H groups in total. The molecule has 2 heteroatoms. The number of hydrogen-bond donors (Lipinski definition) is 0. The molecule has 0 aromatic rings. The quantitative estimate of drug-likeness (QED) is 0.0324. The van der Waals surface area contributed by atoms with Crippen molar-refractivity contribution in [3.8, 4) is 0 Å². The lowest BCUT2D eigenvalue weighted by Crippen LogP contribution is -2.13. The van der Waals surface area contributed by atoms with E-state index < -0.39 is 14.5 Å². The maximum atomic E-state index is 4.31. The lowest BCUT2D eigenvalue weighted by molar-refractivity contribution is 0.529. The van der Waals surface area contributed by atoms with Gasteiger partial charge in [-0.1, -0.05) is 267 Å². The van der Waals surface area contributed by atoms with E-state index in [2.05, 4.69) is 68.5 Å². The molecule has 63 heavy (non-hydrogen) atoms. The molecule has 0 saturated heterocycles. The van der Waals surface area contributed by atoms with Gasteiger partial charge in [-0.2, -0.15) is 0 Å². The minimum Gasteiger partial charge on any atom is -0.0965 e. The van der Waals surface area contributed by atoms with E-state index in [1.54, 1.807) is 12.3 Å². The maximum absolute atomic E-state index is 4.31. The molecule has 0 atom stereocenters. The van der Waals surface area contributed by atoms with Crippen molar-refractivity contribution in [3.05, 3.63) is 24.3 Å². The zero-order chi connectivity index (χ0) is 46.8. The molecule has 0 amide bonds. The van der Waals surface area contributed by atoms with Crippen LogP contribution in [0.2, 0.25) is 0 Å². The molecule has 0 aliphatic heterocycles. The predicted octanol–water partition coefficient (Wildman–Crippen LogP) is 23.3. The zero-order valence-electron chi connectivity index (χ0n) is 46.0. The largest absolute Gasteiger partial charge is 0.0965 e. The summed E-state index contributed by atoms with van der Waals surface area (Å²) in [6.07, 6.45) is 71.8. The summed E-state index contributed by atoms with van der Waals surface area (Å²) in [4.78, 5) is 0. The van der Waals surface area contributed by atoms with E-state index in [0.717, 1.165) is 0 Å². The first-order valence-corrected chi connectivity index (χ1v) is 34.7. The Morgan fingerprint density at radius 1 is 0.222 bits per heavy atom. The van der Waals surface area contributed by atoms with Crippen LogP contribution in [0.25, 0.3) is 0 Å². The topological polar surface area (TPSA) is 0 Å². The van der Waals surface area contributed by atoms with Crippen molar-refractivity contribution in [2.75, 3.05) is 49.3 Å². The van der Waals surface area contributed by atoms with Gasteiger partial charge in [0.2, 0.25) is 0 Å². The van der Waals surface area contributed by atoms with Gasteiger partial charge in [-0.15, -0.1) is 0 Å². The molecule has 0 aliphatic rings. The van der Waals surface area contributed by atoms with Crippen molar-refractivity contribution < 1.29 is 0 Å². The summed E-state index contributed by atoms with van der Waals surface area (Å²) in [6.45, 7) is 27.3. The molecule has 0 aromatic heterocycles. The van der Waals surface area contributed by atoms with E-state index in [4.69, 9.17) is 0 Å². The first-order chi connectivity index (χ1) is 30.7. The highest BCUT2D eigenvalue weighted by Crippen LogP contribution is 2.62. The first-order valence-electron chi connectivity index (χ1n) is 29.7. The summed E-state index contributed by atoms with van der Waals surface area (Å²) in [5.41, 5.74) is 2.91. The van der Waals surface area contributed by atoms with Crippen LogP contribution in [0.15, 0.2) is 24.3 Å². The van der Waals surface area contributed by atoms with Crippen LogP contribution < -0.4 is 0 Å². The van der Waals surface area contributed by atoms with Crippen LogP contribution in [-0.4, -0.2) is 49.3 Å². The minimum absolute atomic E-state index is 0.773. The van der Waals surface area contributed by atoms with Crippen molar-refractivity contribution in [2.45, 2.75) is 319 Å². The Hall–Kier alpha value is 0.340. The van der Waals surface area contributed by atoms with Gasteiger partial charge in [0.15, 0.2) is 0 Å². The van der Waals surface area contributed by atoms with Crippen LogP contribution in [0.3, 0.4) is 0 Å². The third-order valence-electron chi connectivity index (χ3n) is 14.4. The van der Waals surface area contributed by atoms with Gasteiger partial charge in [-0.25, -0.2) is 0 Å². The summed E-state index contributed by atoms with van der Waals surface area (Å²) in [6, 6.07) is 0. The average Bonchev–Trinajstić information content (AvgIpc) is 3.26. The zero-order valence-corrected chi connectivity index (χ0v) is 47.7. The Labute approximate surface area is 404 Å². The Morgan fingerprint density at radius 3 is 0.524 bits per heavy atom. The lowest BCUT2D eigenvalue weighted by atomic mass is 10.0. The average molecular weight is 922 g/mol. The monoisotopic (exact) mass is 921 g/mol. The van der Waals surface area contributed by atoms with Crippen molar-refractivity contribution >= 4 is 14.5 Å². The fourth-order valence-corrected chi connectivity index (χ4v) is 20.7. The van der Waals surface area contributed by atoms with Crippen LogP contribution in [-0.2, 0) is 0 Å². The second-order valence-corrected chi connectivity index (χ2v) is 30.3. The molecule has 0 heterocycles. The molecule has 0 aromatic carbocycles. The van der Waals surface area contributed by atoms with Crippen molar-refractivity contribution in [1.82, 2.24) is 0 Å². The Morgan fingerprint density at radius 2 is 0.365 bits per heavy atom. The molecule has 0 rings (SSSR count). The number of hydrogen-bond acceptors (Lipinski definition) is 0. The van der Waals surface area contributed by atoms with Gasteiger partial charge in [0.05, 0.1) is 49.3 Å². The van der Waals surface area contributed by atoms with Gasteiger partial charge < -0.3 is 0 Å². The Kier molecular flexibility index (Phi) is 53.7. The van der Waals surface area contributed by atoms with Crippen molar-refractivity contribution in [3.63, 3.8) is 0 Å². The van der Waals surface area contributed by atoms with Crippen molar-refractivity contribution in [2.24, 2.45) is 0 Å². The summed E-state index contributed by atoms with van der Waals surface area (Å²) in [5, 5.41) is 0. The predicted molar refractivity (Wildman–Crippen MR) is 306 cm³/mol. The first kappa shape index (κ1) is 65.4. The van der Waals surface area contributed by atoms with Crippen LogP contribution in [0.5, 0.6) is 0 Å². The molecule has 0 nitrogen and oxygen atoms in total. The van der Waals surface area contributed by atoms with Gasteiger partial charge >= 0.3 is 0 Å². The van der Waals surface area contributed by atoms with E-state index in [9.17, 15) is 0 Å². The van der Waals surface area contributed by atoms with Crippen molar-refractivity contribution in [1.29, 1.82) is 0 Å². The highest BCUT2D eigenvalue weighted by molar-refractivity contribution is 7.76. The highest BCUT2D eigenvalue weighted by Gasteiger charge is 2.36. The number of rotatable bonds is 51. The summed E-state index contributed by atoms with van der Waals surface area (Å²) in [5.74, 6) is 0. The lowest BCUT2D eigenvalue weighted by Gasteiger charge is -2.28. The molecule has 0 unspecified atom stereocenters. The summed E-state index contributed by atoms with van der Waals surface area (Å²) in [7, 11) is -1.55. The Balaban J connectivity index is 0. The normalized spacial score (nSPS) is 11.9. The van der Waals surface area contributed by atoms with Crippen LogP contribution in [0.4, 0.5) is 0 Å². The second-order valence-electron chi connectivity index (χ2n) is 21.6. The molecule has 0 bridgehead atoms. The van der Waals surface area contributed by atoms with E-state index >= 15 is 0 Å². The molecule has 378 valence electrons. The van der Waals surface area contributed by atoms with E-state index in [1.807, 2.05) is 0 Å². The molecule has 0 aliphatic carbocycles. The van der Waals surface area contributed by atoms with E-state index in [1.165, 1.54) is 311 Å². The van der Waals surface area contributed by atoms with Crippen LogP contribution >= 0.6 is 14.5 Å². The number of unbranched alkanes of at least 4 members (excludes halogenated alkanes) is 35. The van der Waals surface area contributed by atoms with Gasteiger partial charge in [-0.05, 0) is 76.4 Å². The van der Waals surface area contributed by atoms with E-state index in [0.29, 0.717) is 0 Å². The minimum atomic E-state index is -0.775. The van der Waals surface area contributed by atoms with Gasteiger partial charge in [0.1, 0.15) is 0 Å². The summed E-state index contributed by atoms with van der Waals surface area (Å²) >= 11 is 0. The Bertz CT molecular complexity index is 889. The number of allylic oxidation sites excluding steroid dienone is 2. The molecule has 0 spiro atoms. The fourth-order valence-electron chi connectivity index (χ4n) is 10.4. The molecule has 0 radical (unpaired) electrons. The van der Waals surface area contributed by atoms with Gasteiger partial charge in [0, 0.05) is 14.5 Å². The molecule has 0 saturated carbocycles. The molecular weight excluding hydrogens is 795 g/mol. The van der Waals surface area contributed by atoms with E-state index in [-0.39, 0.29) is 0 Å². The third-order valence-corrected chi connectivity index (χ3v) is 24.4. The SMILES string of the molecule is C=C(C)C[P+](CCCC)(CCCC)CCCCCCCCCCCCCCCCCC.C=C(C)C[P+](CCCC)(CCCC)CCCCCCCCCCCCCCCCCCC. The van der Waals surface area contributed by atoms with Gasteiger partial charge in [0.25, 0.3) is 0 Å².